The number of hydrogen-bond donors (Lipinski definition) is 2. The van der Waals surface area contributed by atoms with Gasteiger partial charge in [-0.3, -0.25) is 4.79 Å². The van der Waals surface area contributed by atoms with Crippen LogP contribution in [0.5, 0.6) is 0 Å². The van der Waals surface area contributed by atoms with Gasteiger partial charge in [0.15, 0.2) is 14.9 Å². The molecule has 1 unspecified atom stereocenters. The maximum atomic E-state index is 11.6. The van der Waals surface area contributed by atoms with Crippen molar-refractivity contribution in [3.05, 3.63) is 0 Å². The third-order valence-electron chi connectivity index (χ3n) is 2.10. The first-order valence-corrected chi connectivity index (χ1v) is 6.58. The number of rotatable bonds is 2. The quantitative estimate of drug-likeness (QED) is 0.317. The summed E-state index contributed by atoms with van der Waals surface area (Å²) in [5.74, 6) is -1.51. The second-order valence-electron chi connectivity index (χ2n) is 4.62. The fourth-order valence-electron chi connectivity index (χ4n) is 1.37. The highest BCUT2D eigenvalue weighted by atomic mass is 32.2. The lowest BCUT2D eigenvalue weighted by molar-refractivity contribution is -0.124. The van der Waals surface area contributed by atoms with Gasteiger partial charge in [0.25, 0.3) is 0 Å². The monoisotopic (exact) mass is 250 g/mol. The van der Waals surface area contributed by atoms with E-state index in [1.54, 1.807) is 20.8 Å². The van der Waals surface area contributed by atoms with E-state index in [2.05, 4.69) is 10.5 Å². The highest BCUT2D eigenvalue weighted by molar-refractivity contribution is 8.05. The third-order valence-corrected chi connectivity index (χ3v) is 3.18. The van der Waals surface area contributed by atoms with Gasteiger partial charge >= 0.3 is 0 Å². The van der Waals surface area contributed by atoms with E-state index in [1.165, 1.54) is 7.05 Å². The van der Waals surface area contributed by atoms with Gasteiger partial charge in [-0.05, 0) is 5.41 Å². The van der Waals surface area contributed by atoms with Gasteiger partial charge in [-0.1, -0.05) is 25.9 Å². The molecule has 0 fully saturated rings. The molecular formula is C9H18N2O4S. The summed E-state index contributed by atoms with van der Waals surface area (Å²) in [6.45, 7) is 5.09. The Balaban J connectivity index is 5.63. The molecule has 0 aromatic rings. The molecule has 0 radical (unpaired) electrons. The summed E-state index contributed by atoms with van der Waals surface area (Å²) < 4.78 is 22.8. The van der Waals surface area contributed by atoms with E-state index in [0.29, 0.717) is 0 Å². The number of carbonyl (C=O) groups excluding carboxylic acids is 1. The average Bonchev–Trinajstić information content (AvgIpc) is 2.08. The second-order valence-corrected chi connectivity index (χ2v) is 6.59. The Morgan fingerprint density at radius 2 is 1.81 bits per heavy atom. The van der Waals surface area contributed by atoms with Crippen LogP contribution in [0.4, 0.5) is 0 Å². The molecule has 0 saturated heterocycles. The summed E-state index contributed by atoms with van der Waals surface area (Å²) >= 11 is 0. The lowest BCUT2D eigenvalue weighted by atomic mass is 9.80. The van der Waals surface area contributed by atoms with E-state index in [9.17, 15) is 13.2 Å². The minimum atomic E-state index is -3.71. The molecular weight excluding hydrogens is 232 g/mol. The fourth-order valence-corrected chi connectivity index (χ4v) is 2.40. The van der Waals surface area contributed by atoms with Crippen molar-refractivity contribution in [3.8, 4) is 0 Å². The van der Waals surface area contributed by atoms with Gasteiger partial charge in [0, 0.05) is 13.3 Å². The summed E-state index contributed by atoms with van der Waals surface area (Å²) in [5, 5.41) is 13.4. The minimum Gasteiger partial charge on any atom is -0.410 e. The Morgan fingerprint density at radius 1 is 1.38 bits per heavy atom. The van der Waals surface area contributed by atoms with Gasteiger partial charge in [-0.2, -0.15) is 0 Å². The molecule has 1 atom stereocenters. The Hall–Kier alpha value is -1.11. The van der Waals surface area contributed by atoms with Crippen LogP contribution >= 0.6 is 0 Å². The predicted molar refractivity (Wildman–Crippen MR) is 61.1 cm³/mol. The molecule has 0 aliphatic rings. The molecule has 1 amide bonds. The second kappa shape index (κ2) is 4.82. The van der Waals surface area contributed by atoms with Crippen LogP contribution in [0, 0.1) is 11.3 Å². The van der Waals surface area contributed by atoms with Crippen molar-refractivity contribution >= 4 is 20.8 Å². The summed E-state index contributed by atoms with van der Waals surface area (Å²) in [7, 11) is -2.31. The number of sulfone groups is 1. The van der Waals surface area contributed by atoms with E-state index < -0.39 is 32.1 Å². The van der Waals surface area contributed by atoms with Crippen LogP contribution in [0.1, 0.15) is 20.8 Å². The topological polar surface area (TPSA) is 95.8 Å². The van der Waals surface area contributed by atoms with E-state index in [-0.39, 0.29) is 0 Å². The smallest absolute Gasteiger partial charge is 0.230 e. The Morgan fingerprint density at radius 3 is 2.00 bits per heavy atom. The highest BCUT2D eigenvalue weighted by Crippen LogP contribution is 2.29. The SMILES string of the molecule is CNC(=O)C(/C(=N/O)S(C)(=O)=O)C(C)(C)C. The van der Waals surface area contributed by atoms with Crippen LogP contribution < -0.4 is 5.32 Å². The van der Waals surface area contributed by atoms with E-state index in [0.717, 1.165) is 6.26 Å². The molecule has 0 aliphatic heterocycles. The lowest BCUT2D eigenvalue weighted by Gasteiger charge is -2.28. The van der Waals surface area contributed by atoms with Gasteiger partial charge in [-0.15, -0.1) is 0 Å². The zero-order valence-electron chi connectivity index (χ0n) is 10.1. The van der Waals surface area contributed by atoms with E-state index in [1.807, 2.05) is 0 Å². The first-order valence-electron chi connectivity index (χ1n) is 4.69. The van der Waals surface area contributed by atoms with Crippen molar-refractivity contribution in [2.75, 3.05) is 13.3 Å². The van der Waals surface area contributed by atoms with Crippen LogP contribution in [0.15, 0.2) is 5.16 Å². The number of amides is 1. The standard InChI is InChI=1S/C9H18N2O4S/c1-9(2,3)6(7(12)10-4)8(11-13)16(5,14)15/h6,13H,1-5H3,(H,10,12)/b11-8-. The van der Waals surface area contributed by atoms with Gasteiger partial charge in [0.1, 0.15) is 0 Å². The molecule has 2 N–H and O–H groups in total. The Kier molecular flexibility index (Phi) is 4.48. The zero-order valence-corrected chi connectivity index (χ0v) is 10.9. The molecule has 94 valence electrons. The first-order chi connectivity index (χ1) is 7.05. The van der Waals surface area contributed by atoms with Gasteiger partial charge in [0.2, 0.25) is 5.91 Å². The molecule has 0 heterocycles. The van der Waals surface area contributed by atoms with Crippen molar-refractivity contribution in [1.29, 1.82) is 0 Å². The number of nitrogens with zero attached hydrogens (tertiary/aromatic N) is 1. The van der Waals surface area contributed by atoms with E-state index in [4.69, 9.17) is 5.21 Å². The minimum absolute atomic E-state index is 0.495. The van der Waals surface area contributed by atoms with Gasteiger partial charge in [-0.25, -0.2) is 8.42 Å². The molecule has 16 heavy (non-hydrogen) atoms. The van der Waals surface area contributed by atoms with Crippen LogP contribution in [-0.2, 0) is 14.6 Å². The normalized spacial score (nSPS) is 15.7. The average molecular weight is 250 g/mol. The first kappa shape index (κ1) is 14.9. The molecule has 0 aromatic carbocycles. The summed E-state index contributed by atoms with van der Waals surface area (Å²) in [4.78, 5) is 11.6. The van der Waals surface area contributed by atoms with Crippen LogP contribution in [0.2, 0.25) is 0 Å². The van der Waals surface area contributed by atoms with E-state index >= 15 is 0 Å². The Labute approximate surface area is 95.6 Å². The zero-order chi connectivity index (χ0) is 13.1. The molecule has 7 heteroatoms. The maximum Gasteiger partial charge on any atom is 0.230 e. The largest absolute Gasteiger partial charge is 0.410 e. The maximum absolute atomic E-state index is 11.6. The fraction of sp³-hybridized carbons (Fsp3) is 0.778. The molecule has 0 aromatic heterocycles. The number of oxime groups is 1. The number of carbonyl (C=O) groups is 1. The molecule has 0 rings (SSSR count). The lowest BCUT2D eigenvalue weighted by Crippen LogP contribution is -2.44. The molecule has 0 aliphatic carbocycles. The predicted octanol–water partition coefficient (Wildman–Crippen LogP) is 0.227. The summed E-state index contributed by atoms with van der Waals surface area (Å²) in [6, 6.07) is 0. The molecule has 0 bridgehead atoms. The van der Waals surface area contributed by atoms with Crippen molar-refractivity contribution in [1.82, 2.24) is 5.32 Å². The van der Waals surface area contributed by atoms with Crippen molar-refractivity contribution < 1.29 is 18.4 Å². The molecule has 0 saturated carbocycles. The number of hydrogen-bond acceptors (Lipinski definition) is 5. The van der Waals surface area contributed by atoms with Crippen molar-refractivity contribution in [3.63, 3.8) is 0 Å². The van der Waals surface area contributed by atoms with Crippen molar-refractivity contribution in [2.24, 2.45) is 16.5 Å². The van der Waals surface area contributed by atoms with Crippen molar-refractivity contribution in [2.45, 2.75) is 20.8 Å². The van der Waals surface area contributed by atoms with Crippen LogP contribution in [0.25, 0.3) is 0 Å². The van der Waals surface area contributed by atoms with Crippen LogP contribution in [-0.4, -0.2) is 37.9 Å². The number of nitrogens with one attached hydrogen (secondary N) is 1. The highest BCUT2D eigenvalue weighted by Gasteiger charge is 2.40. The van der Waals surface area contributed by atoms with Crippen LogP contribution in [0.3, 0.4) is 0 Å². The third kappa shape index (κ3) is 3.48. The molecule has 0 spiro atoms. The Bertz CT molecular complexity index is 392. The van der Waals surface area contributed by atoms with Gasteiger partial charge in [0.05, 0.1) is 5.92 Å². The van der Waals surface area contributed by atoms with Gasteiger partial charge < -0.3 is 10.5 Å². The molecule has 6 nitrogen and oxygen atoms in total. The summed E-state index contributed by atoms with van der Waals surface area (Å²) in [6.07, 6.45) is 0.906. The summed E-state index contributed by atoms with van der Waals surface area (Å²) in [5.41, 5.74) is -0.662.